The van der Waals surface area contributed by atoms with Crippen LogP contribution in [-0.2, 0) is 38.6 Å². The van der Waals surface area contributed by atoms with E-state index in [9.17, 15) is 9.59 Å². The number of rotatable bonds is 6. The van der Waals surface area contributed by atoms with Crippen LogP contribution in [0, 0.1) is 0 Å². The molecule has 2 aromatic carbocycles. The number of halogens is 4. The quantitative estimate of drug-likeness (QED) is 0.164. The molecule has 0 saturated carbocycles. The third kappa shape index (κ3) is 9.62. The molecule has 0 bridgehead atoms. The minimum atomic E-state index is -0.0468. The zero-order valence-corrected chi connectivity index (χ0v) is 28.1. The molecule has 0 atom stereocenters. The number of nitrogens with one attached hydrogen (secondary N) is 4. The number of fused-ring (bicyclic) bond motifs is 2. The van der Waals surface area contributed by atoms with Crippen LogP contribution in [0.5, 0.6) is 0 Å². The molecule has 15 heteroatoms. The molecule has 0 saturated heterocycles. The summed E-state index contributed by atoms with van der Waals surface area (Å²) in [7, 11) is 13.1. The van der Waals surface area contributed by atoms with Gasteiger partial charge in [-0.2, -0.15) is 0 Å². The molecule has 6 rings (SSSR count). The number of imidazole rings is 2. The van der Waals surface area contributed by atoms with Gasteiger partial charge in [-0.05, 0) is 59.4 Å². The van der Waals surface area contributed by atoms with Gasteiger partial charge in [0.25, 0.3) is 11.8 Å². The Hall–Kier alpha value is -2.76. The number of nitrogens with zero attached hydrogens (tertiary/aromatic N) is 4. The van der Waals surface area contributed by atoms with Crippen molar-refractivity contribution in [3.05, 3.63) is 91.9 Å². The summed E-state index contributed by atoms with van der Waals surface area (Å²) in [5, 5.41) is 12.5. The molecular formula is C30H38BrCl3N8NiO2. The van der Waals surface area contributed by atoms with Gasteiger partial charge in [0.05, 0.1) is 13.1 Å². The second-order valence-corrected chi connectivity index (χ2v) is 12.4. The van der Waals surface area contributed by atoms with Crippen molar-refractivity contribution >= 4 is 71.6 Å². The zero-order chi connectivity index (χ0) is 30.9. The number of benzene rings is 2. The van der Waals surface area contributed by atoms with Gasteiger partial charge in [-0.3, -0.25) is 9.59 Å². The zero-order valence-electron chi connectivity index (χ0n) is 23.3. The van der Waals surface area contributed by atoms with Crippen LogP contribution in [0.4, 0.5) is 11.9 Å². The summed E-state index contributed by atoms with van der Waals surface area (Å²) in [5.74, 6) is 1.55. The molecule has 0 unspecified atom stereocenters. The van der Waals surface area contributed by atoms with Crippen molar-refractivity contribution in [2.24, 2.45) is 0 Å². The maximum atomic E-state index is 12.0. The van der Waals surface area contributed by atoms with Crippen molar-refractivity contribution in [1.29, 1.82) is 0 Å². The van der Waals surface area contributed by atoms with Crippen LogP contribution in [0.1, 0.15) is 57.8 Å². The van der Waals surface area contributed by atoms with Gasteiger partial charge in [0.1, 0.15) is 0 Å². The van der Waals surface area contributed by atoms with E-state index in [0.29, 0.717) is 49.4 Å². The van der Waals surface area contributed by atoms with Gasteiger partial charge in [0.15, 0.2) is 0 Å². The Balaban J connectivity index is 0.000000277. The number of carbonyl (C=O) groups is 2. The van der Waals surface area contributed by atoms with Crippen LogP contribution in [0.25, 0.3) is 0 Å². The van der Waals surface area contributed by atoms with Crippen molar-refractivity contribution in [2.75, 3.05) is 37.8 Å². The van der Waals surface area contributed by atoms with E-state index < -0.39 is 0 Å². The van der Waals surface area contributed by atoms with Crippen LogP contribution in [0.3, 0.4) is 0 Å². The normalized spacial score (nSPS) is 12.8. The van der Waals surface area contributed by atoms with E-state index in [4.69, 9.17) is 32.0 Å². The van der Waals surface area contributed by atoms with Gasteiger partial charge in [0.2, 0.25) is 11.9 Å². The van der Waals surface area contributed by atoms with E-state index in [1.165, 1.54) is 0 Å². The average Bonchev–Trinajstić information content (AvgIpc) is 3.64. The molecule has 4 aromatic rings. The van der Waals surface area contributed by atoms with Crippen molar-refractivity contribution in [2.45, 2.75) is 40.8 Å². The Morgan fingerprint density at radius 1 is 0.822 bits per heavy atom. The first-order chi connectivity index (χ1) is 20.8. The van der Waals surface area contributed by atoms with E-state index in [1.54, 1.807) is 12.4 Å². The van der Waals surface area contributed by atoms with Crippen molar-refractivity contribution in [3.8, 4) is 0 Å². The van der Waals surface area contributed by atoms with Gasteiger partial charge in [0, 0.05) is 72.6 Å². The molecule has 2 aliphatic heterocycles. The summed E-state index contributed by atoms with van der Waals surface area (Å²) < 4.78 is 4.99. The number of hydrogen-bond donors (Lipinski definition) is 4. The van der Waals surface area contributed by atoms with Crippen LogP contribution in [0.15, 0.2) is 53.5 Å². The fourth-order valence-corrected chi connectivity index (χ4v) is 6.04. The predicted octanol–water partition coefficient (Wildman–Crippen LogP) is 6.58. The van der Waals surface area contributed by atoms with Gasteiger partial charge in [-0.25, -0.2) is 9.97 Å². The molecule has 0 radical (unpaired) electrons. The second kappa shape index (κ2) is 18.4. The molecule has 2 aliphatic rings. The summed E-state index contributed by atoms with van der Waals surface area (Å²) in [5.41, 5.74) is 5.55. The minimum absolute atomic E-state index is 0. The summed E-state index contributed by atoms with van der Waals surface area (Å²) in [4.78, 5) is 32.3. The molecule has 2 amide bonds. The Kier molecular flexibility index (Phi) is 15.7. The van der Waals surface area contributed by atoms with Crippen LogP contribution in [0.2, 0.25) is 5.02 Å². The Morgan fingerprint density at radius 2 is 1.27 bits per heavy atom. The molecule has 45 heavy (non-hydrogen) atoms. The van der Waals surface area contributed by atoms with Gasteiger partial charge < -0.3 is 30.4 Å². The fourth-order valence-electron chi connectivity index (χ4n) is 5.00. The van der Waals surface area contributed by atoms with Crippen molar-refractivity contribution < 1.29 is 22.2 Å². The van der Waals surface area contributed by atoms with E-state index >= 15 is 0 Å². The van der Waals surface area contributed by atoms with E-state index in [0.717, 1.165) is 57.0 Å². The third-order valence-corrected chi connectivity index (χ3v) is 7.95. The van der Waals surface area contributed by atoms with Crippen LogP contribution < -0.4 is 21.3 Å². The summed E-state index contributed by atoms with van der Waals surface area (Å²) >= 11 is 10.5. The number of carbonyl (C=O) groups excluding carboxylic acids is 2. The Bertz CT molecular complexity index is 1480. The summed E-state index contributed by atoms with van der Waals surface area (Å²) in [6, 6.07) is 7.89. The van der Waals surface area contributed by atoms with Gasteiger partial charge in [-0.1, -0.05) is 42.4 Å². The van der Waals surface area contributed by atoms with Crippen LogP contribution >= 0.6 is 47.9 Å². The fraction of sp³-hybridized carbons (Fsp3) is 0.333. The molecule has 0 spiro atoms. The van der Waals surface area contributed by atoms with Gasteiger partial charge in [-0.15, -0.1) is 0 Å². The van der Waals surface area contributed by atoms with Crippen LogP contribution in [-0.4, -0.2) is 58.1 Å². The maximum absolute atomic E-state index is 12.0. The van der Waals surface area contributed by atoms with Crippen molar-refractivity contribution in [1.82, 2.24) is 29.7 Å². The monoisotopic (exact) mass is 784 g/mol. The molecule has 2 aromatic heterocycles. The van der Waals surface area contributed by atoms with Crippen molar-refractivity contribution in [3.63, 3.8) is 0 Å². The summed E-state index contributed by atoms with van der Waals surface area (Å²) in [6.07, 6.45) is 8.95. The number of aromatic nitrogens is 4. The predicted molar refractivity (Wildman–Crippen MR) is 185 cm³/mol. The second-order valence-electron chi connectivity index (χ2n) is 9.52. The molecule has 0 aliphatic carbocycles. The Morgan fingerprint density at radius 3 is 1.76 bits per heavy atom. The number of amides is 2. The molecule has 10 nitrogen and oxygen atoms in total. The molecule has 4 heterocycles. The first-order valence-electron chi connectivity index (χ1n) is 13.2. The average molecular weight is 788 g/mol. The molecular weight excluding hydrogens is 749 g/mol. The molecule has 248 valence electrons. The SMILES string of the molecule is C.C.CNc1nccn1Cc1cc(Br)c2c(c1)C(=O)NCC2.CNc1nccn1Cc1cc(Cl)c2c(c1)C(=O)NCC2.[Cl][Ni][Cl]. The molecule has 0 fully saturated rings. The summed E-state index contributed by atoms with van der Waals surface area (Å²) in [6.45, 7) is 2.65. The third-order valence-electron chi connectivity index (χ3n) is 6.90. The topological polar surface area (TPSA) is 118 Å². The first kappa shape index (κ1) is 38.4. The molecule has 4 N–H and O–H groups in total. The first-order valence-corrected chi connectivity index (χ1v) is 17.1. The van der Waals surface area contributed by atoms with Gasteiger partial charge >= 0.3 is 33.0 Å². The Labute approximate surface area is 292 Å². The standard InChI is InChI=1S/C14H15BrN4O.C14H15ClN4O.2CH4.2ClH.Ni/c2*1-16-14-18-4-5-19(14)8-9-6-11-10(12(15)7-9)2-3-17-13(11)20;;;;;/h2*4-7H,2-3,8H2,1H3,(H,16,18)(H,17,20);2*1H4;2*1H;/q;;;;;;+2/p-2. The van der Waals surface area contributed by atoms with E-state index in [-0.39, 0.29) is 26.7 Å². The number of anilines is 2. The number of hydrogen-bond acceptors (Lipinski definition) is 6. The van der Waals surface area contributed by atoms with E-state index in [1.807, 2.05) is 53.8 Å². The van der Waals surface area contributed by atoms with E-state index in [2.05, 4.69) is 53.2 Å².